The van der Waals surface area contributed by atoms with Crippen LogP contribution in [0.2, 0.25) is 0 Å². The first kappa shape index (κ1) is 11.9. The summed E-state index contributed by atoms with van der Waals surface area (Å²) in [5.74, 6) is -1.99. The number of nitrogen functional groups attached to an aromatic ring is 1. The molecule has 2 aliphatic rings. The lowest BCUT2D eigenvalue weighted by Gasteiger charge is -2.16. The maximum Gasteiger partial charge on any atom is 0.238 e. The third-order valence-electron chi connectivity index (χ3n) is 3.72. The van der Waals surface area contributed by atoms with Crippen molar-refractivity contribution in [1.29, 1.82) is 0 Å². The maximum absolute atomic E-state index is 13.8. The number of hydrogen-bond donors (Lipinski definition) is 1. The second-order valence-electron chi connectivity index (χ2n) is 4.88. The molecular weight excluding hydrogens is 247 g/mol. The lowest BCUT2D eigenvalue weighted by atomic mass is 9.85. The smallest absolute Gasteiger partial charge is 0.238 e. The van der Waals surface area contributed by atoms with Crippen LogP contribution in [0.3, 0.4) is 0 Å². The third kappa shape index (κ3) is 1.73. The maximum atomic E-state index is 13.8. The van der Waals surface area contributed by atoms with Gasteiger partial charge in [-0.25, -0.2) is 9.29 Å². The molecule has 0 saturated carbocycles. The summed E-state index contributed by atoms with van der Waals surface area (Å²) < 4.78 is 13.8. The van der Waals surface area contributed by atoms with E-state index in [-0.39, 0.29) is 29.3 Å². The number of imide groups is 1. The average molecular weight is 260 g/mol. The summed E-state index contributed by atoms with van der Waals surface area (Å²) in [7, 11) is 0. The number of nitrogens with two attached hydrogens (primary N) is 1. The van der Waals surface area contributed by atoms with E-state index in [1.54, 1.807) is 0 Å². The highest BCUT2D eigenvalue weighted by Gasteiger charge is 2.48. The van der Waals surface area contributed by atoms with Crippen molar-refractivity contribution in [2.75, 3.05) is 10.6 Å². The molecule has 0 aromatic heterocycles. The lowest BCUT2D eigenvalue weighted by molar-refractivity contribution is -0.122. The Morgan fingerprint density at radius 1 is 1.11 bits per heavy atom. The van der Waals surface area contributed by atoms with Crippen molar-refractivity contribution in [2.45, 2.75) is 12.8 Å². The van der Waals surface area contributed by atoms with Gasteiger partial charge in [0.15, 0.2) is 0 Å². The number of rotatable bonds is 1. The number of amides is 2. The number of benzene rings is 1. The molecule has 3 rings (SSSR count). The molecule has 1 fully saturated rings. The molecule has 0 spiro atoms. The van der Waals surface area contributed by atoms with Crippen LogP contribution in [-0.2, 0) is 9.59 Å². The minimum absolute atomic E-state index is 0.0376. The fraction of sp³-hybridized carbons (Fsp3) is 0.286. The van der Waals surface area contributed by atoms with E-state index in [0.717, 1.165) is 4.90 Å². The van der Waals surface area contributed by atoms with Gasteiger partial charge < -0.3 is 5.73 Å². The molecule has 5 heteroatoms. The largest absolute Gasteiger partial charge is 0.399 e. The summed E-state index contributed by atoms with van der Waals surface area (Å²) in [6.45, 7) is 0. The van der Waals surface area contributed by atoms with E-state index >= 15 is 0 Å². The first-order chi connectivity index (χ1) is 9.09. The zero-order chi connectivity index (χ0) is 13.6. The van der Waals surface area contributed by atoms with Crippen molar-refractivity contribution in [3.63, 3.8) is 0 Å². The molecule has 98 valence electrons. The van der Waals surface area contributed by atoms with Crippen LogP contribution in [0, 0.1) is 17.7 Å². The second-order valence-corrected chi connectivity index (χ2v) is 4.88. The summed E-state index contributed by atoms with van der Waals surface area (Å²) in [6.07, 6.45) is 4.86. The molecule has 2 amide bonds. The van der Waals surface area contributed by atoms with Crippen molar-refractivity contribution in [3.05, 3.63) is 36.2 Å². The topological polar surface area (TPSA) is 63.4 Å². The van der Waals surface area contributed by atoms with Crippen molar-refractivity contribution in [2.24, 2.45) is 11.8 Å². The zero-order valence-corrected chi connectivity index (χ0v) is 10.2. The highest BCUT2D eigenvalue weighted by molar-refractivity contribution is 6.22. The molecular formula is C14H13FN2O2. The summed E-state index contributed by atoms with van der Waals surface area (Å²) in [4.78, 5) is 25.5. The Morgan fingerprint density at radius 2 is 1.68 bits per heavy atom. The van der Waals surface area contributed by atoms with E-state index in [0.29, 0.717) is 18.5 Å². The van der Waals surface area contributed by atoms with Crippen molar-refractivity contribution in [1.82, 2.24) is 0 Å². The number of carbonyl (C=O) groups excluding carboxylic acids is 2. The fourth-order valence-corrected chi connectivity index (χ4v) is 2.74. The number of carbonyl (C=O) groups is 2. The van der Waals surface area contributed by atoms with Gasteiger partial charge in [-0.3, -0.25) is 9.59 Å². The van der Waals surface area contributed by atoms with E-state index in [1.165, 1.54) is 18.2 Å². The van der Waals surface area contributed by atoms with Crippen LogP contribution in [0.5, 0.6) is 0 Å². The van der Waals surface area contributed by atoms with Gasteiger partial charge in [-0.05, 0) is 31.0 Å². The fourth-order valence-electron chi connectivity index (χ4n) is 2.74. The summed E-state index contributed by atoms with van der Waals surface area (Å²) in [5.41, 5.74) is 5.89. The Hall–Kier alpha value is -2.17. The quantitative estimate of drug-likeness (QED) is 0.476. The van der Waals surface area contributed by atoms with E-state index in [1.807, 2.05) is 12.2 Å². The number of fused-ring (bicyclic) bond motifs is 1. The van der Waals surface area contributed by atoms with Crippen LogP contribution >= 0.6 is 0 Å². The molecule has 1 aromatic carbocycles. The van der Waals surface area contributed by atoms with Crippen LogP contribution in [-0.4, -0.2) is 11.8 Å². The van der Waals surface area contributed by atoms with Crippen molar-refractivity contribution in [3.8, 4) is 0 Å². The Morgan fingerprint density at radius 3 is 2.26 bits per heavy atom. The molecule has 0 unspecified atom stereocenters. The van der Waals surface area contributed by atoms with Gasteiger partial charge in [0.25, 0.3) is 0 Å². The van der Waals surface area contributed by atoms with Crippen LogP contribution in [0.1, 0.15) is 12.8 Å². The molecule has 19 heavy (non-hydrogen) atoms. The van der Waals surface area contributed by atoms with Gasteiger partial charge >= 0.3 is 0 Å². The Kier molecular flexibility index (Phi) is 2.62. The highest BCUT2D eigenvalue weighted by atomic mass is 19.1. The first-order valence-corrected chi connectivity index (χ1v) is 6.17. The Balaban J connectivity index is 2.04. The van der Waals surface area contributed by atoms with Gasteiger partial charge in [0, 0.05) is 5.69 Å². The standard InChI is InChI=1S/C14H13FN2O2/c15-11-6-5-8(16)7-12(11)17-13(18)9-3-1-2-4-10(9)14(17)19/h1-2,5-7,9-10H,3-4,16H2/t9-,10+. The van der Waals surface area contributed by atoms with Crippen LogP contribution in [0.25, 0.3) is 0 Å². The van der Waals surface area contributed by atoms with Crippen LogP contribution in [0.15, 0.2) is 30.4 Å². The predicted octanol–water partition coefficient (Wildman–Crippen LogP) is 1.86. The SMILES string of the molecule is Nc1ccc(F)c(N2C(=O)[C@H]3CC=CC[C@H]3C2=O)c1. The minimum Gasteiger partial charge on any atom is -0.399 e. The zero-order valence-electron chi connectivity index (χ0n) is 10.2. The minimum atomic E-state index is -0.609. The Bertz CT molecular complexity index is 571. The number of nitrogens with zero attached hydrogens (tertiary/aromatic N) is 1. The summed E-state index contributed by atoms with van der Waals surface area (Å²) in [5, 5.41) is 0. The van der Waals surface area contributed by atoms with Gasteiger partial charge in [0.2, 0.25) is 11.8 Å². The van der Waals surface area contributed by atoms with Gasteiger partial charge in [-0.15, -0.1) is 0 Å². The number of hydrogen-bond acceptors (Lipinski definition) is 3. The molecule has 1 aliphatic carbocycles. The second kappa shape index (κ2) is 4.19. The molecule has 1 aliphatic heterocycles. The van der Waals surface area contributed by atoms with E-state index in [4.69, 9.17) is 5.73 Å². The number of anilines is 2. The van der Waals surface area contributed by atoms with Crippen LogP contribution in [0.4, 0.5) is 15.8 Å². The molecule has 4 nitrogen and oxygen atoms in total. The van der Waals surface area contributed by atoms with E-state index in [2.05, 4.69) is 0 Å². The average Bonchev–Trinajstić information content (AvgIpc) is 2.66. The van der Waals surface area contributed by atoms with Crippen LogP contribution < -0.4 is 10.6 Å². The molecule has 1 aromatic rings. The van der Waals surface area contributed by atoms with Gasteiger partial charge in [-0.1, -0.05) is 12.2 Å². The lowest BCUT2D eigenvalue weighted by Crippen LogP contribution is -2.31. The number of allylic oxidation sites excluding steroid dienone is 2. The molecule has 1 saturated heterocycles. The van der Waals surface area contributed by atoms with E-state index in [9.17, 15) is 14.0 Å². The first-order valence-electron chi connectivity index (χ1n) is 6.17. The Labute approximate surface area is 109 Å². The van der Waals surface area contributed by atoms with E-state index < -0.39 is 5.82 Å². The van der Waals surface area contributed by atoms with Crippen molar-refractivity contribution >= 4 is 23.2 Å². The normalized spacial score (nSPS) is 25.8. The third-order valence-corrected chi connectivity index (χ3v) is 3.72. The molecule has 0 bridgehead atoms. The van der Waals surface area contributed by atoms with Gasteiger partial charge in [0.1, 0.15) is 5.82 Å². The number of halogens is 1. The van der Waals surface area contributed by atoms with Gasteiger partial charge in [-0.2, -0.15) is 0 Å². The van der Waals surface area contributed by atoms with Crippen molar-refractivity contribution < 1.29 is 14.0 Å². The summed E-state index contributed by atoms with van der Waals surface area (Å²) >= 11 is 0. The molecule has 0 radical (unpaired) electrons. The molecule has 2 atom stereocenters. The predicted molar refractivity (Wildman–Crippen MR) is 68.7 cm³/mol. The monoisotopic (exact) mass is 260 g/mol. The highest BCUT2D eigenvalue weighted by Crippen LogP contribution is 2.38. The molecule has 2 N–H and O–H groups in total. The van der Waals surface area contributed by atoms with Gasteiger partial charge in [0.05, 0.1) is 17.5 Å². The summed E-state index contributed by atoms with van der Waals surface area (Å²) in [6, 6.07) is 3.90. The molecule has 1 heterocycles.